The van der Waals surface area contributed by atoms with Crippen LogP contribution < -0.4 is 10.6 Å². The summed E-state index contributed by atoms with van der Waals surface area (Å²) in [4.78, 5) is 25.1. The summed E-state index contributed by atoms with van der Waals surface area (Å²) in [6.45, 7) is 9.55. The Morgan fingerprint density at radius 3 is 2.53 bits per heavy atom. The third-order valence-electron chi connectivity index (χ3n) is 5.19. The summed E-state index contributed by atoms with van der Waals surface area (Å²) >= 11 is 3.58. The van der Waals surface area contributed by atoms with Gasteiger partial charge in [-0.05, 0) is 81.1 Å². The van der Waals surface area contributed by atoms with E-state index in [0.29, 0.717) is 5.56 Å². The zero-order valence-electron chi connectivity index (χ0n) is 20.4. The van der Waals surface area contributed by atoms with Gasteiger partial charge in [-0.3, -0.25) is 9.48 Å². The SMILES string of the molecule is Cc1ccc(CNC(=O)OC(C)(C)C)cc1C(=O)N[C@H](C)c1cc(Br)cc(-c2cnn(C)c2)c1. The maximum atomic E-state index is 13.1. The highest BCUT2D eigenvalue weighted by atomic mass is 79.9. The van der Waals surface area contributed by atoms with Crippen molar-refractivity contribution < 1.29 is 14.3 Å². The van der Waals surface area contributed by atoms with Crippen LogP contribution in [0.4, 0.5) is 4.79 Å². The topological polar surface area (TPSA) is 85.2 Å². The van der Waals surface area contributed by atoms with Crippen LogP contribution >= 0.6 is 15.9 Å². The monoisotopic (exact) mass is 526 g/mol. The molecule has 180 valence electrons. The zero-order chi connectivity index (χ0) is 25.0. The number of halogens is 1. The Balaban J connectivity index is 1.72. The molecule has 0 spiro atoms. The first-order chi connectivity index (χ1) is 15.9. The number of rotatable bonds is 6. The lowest BCUT2D eigenvalue weighted by atomic mass is 10.0. The molecule has 34 heavy (non-hydrogen) atoms. The molecule has 0 fully saturated rings. The molecule has 2 N–H and O–H groups in total. The highest BCUT2D eigenvalue weighted by molar-refractivity contribution is 9.10. The number of hydrogen-bond donors (Lipinski definition) is 2. The van der Waals surface area contributed by atoms with Gasteiger partial charge in [0.2, 0.25) is 0 Å². The van der Waals surface area contributed by atoms with Gasteiger partial charge in [0.15, 0.2) is 0 Å². The van der Waals surface area contributed by atoms with E-state index in [9.17, 15) is 9.59 Å². The molecule has 0 aliphatic carbocycles. The Morgan fingerprint density at radius 1 is 1.15 bits per heavy atom. The number of amides is 2. The highest BCUT2D eigenvalue weighted by Crippen LogP contribution is 2.28. The Morgan fingerprint density at radius 2 is 1.88 bits per heavy atom. The molecule has 2 amide bonds. The summed E-state index contributed by atoms with van der Waals surface area (Å²) < 4.78 is 7.96. The standard InChI is InChI=1S/C26H31BrN4O3/c1-16-7-8-18(13-28-25(33)34-26(3,4)5)9-23(16)24(32)30-17(2)19-10-20(12-22(27)11-19)21-14-29-31(6)15-21/h7-12,14-15,17H,13H2,1-6H3,(H,28,33)(H,30,32)/t17-/m1/s1. The molecule has 0 aliphatic heterocycles. The third-order valence-corrected chi connectivity index (χ3v) is 5.65. The summed E-state index contributed by atoms with van der Waals surface area (Å²) in [6.07, 6.45) is 3.27. The van der Waals surface area contributed by atoms with Crippen molar-refractivity contribution in [3.05, 3.63) is 75.5 Å². The van der Waals surface area contributed by atoms with Crippen molar-refractivity contribution in [3.63, 3.8) is 0 Å². The fraction of sp³-hybridized carbons (Fsp3) is 0.346. The molecule has 7 nitrogen and oxygen atoms in total. The van der Waals surface area contributed by atoms with Gasteiger partial charge in [0.1, 0.15) is 5.60 Å². The van der Waals surface area contributed by atoms with Crippen molar-refractivity contribution >= 4 is 27.9 Å². The number of ether oxygens (including phenoxy) is 1. The molecule has 1 atom stereocenters. The van der Waals surface area contributed by atoms with Gasteiger partial charge >= 0.3 is 6.09 Å². The molecule has 3 aromatic rings. The molecule has 3 rings (SSSR count). The molecule has 0 bridgehead atoms. The number of carbonyl (C=O) groups excluding carboxylic acids is 2. The van der Waals surface area contributed by atoms with Gasteiger partial charge < -0.3 is 15.4 Å². The van der Waals surface area contributed by atoms with E-state index >= 15 is 0 Å². The van der Waals surface area contributed by atoms with E-state index in [-0.39, 0.29) is 18.5 Å². The number of aryl methyl sites for hydroxylation is 2. The van der Waals surface area contributed by atoms with Crippen LogP contribution in [0.2, 0.25) is 0 Å². The van der Waals surface area contributed by atoms with Gasteiger partial charge in [-0.1, -0.05) is 28.1 Å². The van der Waals surface area contributed by atoms with Gasteiger partial charge in [0.05, 0.1) is 12.2 Å². The van der Waals surface area contributed by atoms with E-state index < -0.39 is 11.7 Å². The second kappa shape index (κ2) is 10.4. The van der Waals surface area contributed by atoms with E-state index in [4.69, 9.17) is 4.74 Å². The molecule has 2 aromatic carbocycles. The second-order valence-corrected chi connectivity index (χ2v) is 10.3. The molecule has 0 saturated carbocycles. The lowest BCUT2D eigenvalue weighted by Crippen LogP contribution is -2.32. The van der Waals surface area contributed by atoms with Crippen LogP contribution in [-0.2, 0) is 18.3 Å². The Bertz CT molecular complexity index is 1200. The number of carbonyl (C=O) groups is 2. The summed E-state index contributed by atoms with van der Waals surface area (Å²) in [6, 6.07) is 11.4. The number of alkyl carbamates (subject to hydrolysis) is 1. The molecular formula is C26H31BrN4O3. The van der Waals surface area contributed by atoms with Crippen LogP contribution in [0, 0.1) is 6.92 Å². The Hall–Kier alpha value is -3.13. The average Bonchev–Trinajstić information content (AvgIpc) is 3.17. The maximum Gasteiger partial charge on any atom is 0.407 e. The fourth-order valence-corrected chi connectivity index (χ4v) is 3.98. The minimum absolute atomic E-state index is 0.174. The summed E-state index contributed by atoms with van der Waals surface area (Å²) in [5.41, 5.74) is 4.67. The number of hydrogen-bond acceptors (Lipinski definition) is 4. The van der Waals surface area contributed by atoms with Crippen molar-refractivity contribution in [2.24, 2.45) is 7.05 Å². The van der Waals surface area contributed by atoms with Crippen molar-refractivity contribution in [1.82, 2.24) is 20.4 Å². The summed E-state index contributed by atoms with van der Waals surface area (Å²) in [5, 5.41) is 10.1. The number of benzene rings is 2. The van der Waals surface area contributed by atoms with Gasteiger partial charge in [-0.25, -0.2) is 4.79 Å². The fourth-order valence-electron chi connectivity index (χ4n) is 3.47. The number of nitrogens with zero attached hydrogens (tertiary/aromatic N) is 2. The van der Waals surface area contributed by atoms with E-state index in [0.717, 1.165) is 32.3 Å². The summed E-state index contributed by atoms with van der Waals surface area (Å²) in [7, 11) is 1.88. The first-order valence-electron chi connectivity index (χ1n) is 11.1. The maximum absolute atomic E-state index is 13.1. The average molecular weight is 527 g/mol. The predicted octanol–water partition coefficient (Wildman–Crippen LogP) is 5.67. The quantitative estimate of drug-likeness (QED) is 0.433. The molecule has 1 aromatic heterocycles. The van der Waals surface area contributed by atoms with Gasteiger partial charge in [0, 0.05) is 35.4 Å². The normalized spacial score (nSPS) is 12.2. The first-order valence-corrected chi connectivity index (χ1v) is 11.9. The van der Waals surface area contributed by atoms with Crippen LogP contribution in [-0.4, -0.2) is 27.4 Å². The van der Waals surface area contributed by atoms with Crippen molar-refractivity contribution in [2.75, 3.05) is 0 Å². The minimum Gasteiger partial charge on any atom is -0.444 e. The van der Waals surface area contributed by atoms with Crippen LogP contribution in [0.1, 0.15) is 60.8 Å². The smallest absolute Gasteiger partial charge is 0.407 e. The van der Waals surface area contributed by atoms with Crippen LogP contribution in [0.5, 0.6) is 0 Å². The van der Waals surface area contributed by atoms with E-state index in [1.165, 1.54) is 0 Å². The van der Waals surface area contributed by atoms with E-state index in [2.05, 4.69) is 37.7 Å². The van der Waals surface area contributed by atoms with Gasteiger partial charge in [0.25, 0.3) is 5.91 Å². The predicted molar refractivity (Wildman–Crippen MR) is 136 cm³/mol. The van der Waals surface area contributed by atoms with Crippen molar-refractivity contribution in [3.8, 4) is 11.1 Å². The third kappa shape index (κ3) is 6.93. The second-order valence-electron chi connectivity index (χ2n) is 9.38. The van der Waals surface area contributed by atoms with Gasteiger partial charge in [-0.2, -0.15) is 5.10 Å². The first kappa shape index (κ1) is 25.5. The van der Waals surface area contributed by atoms with Crippen LogP contribution in [0.3, 0.4) is 0 Å². The molecule has 0 unspecified atom stereocenters. The number of nitrogens with one attached hydrogen (secondary N) is 2. The lowest BCUT2D eigenvalue weighted by molar-refractivity contribution is 0.0523. The van der Waals surface area contributed by atoms with E-state index in [1.54, 1.807) is 10.7 Å². The van der Waals surface area contributed by atoms with E-state index in [1.807, 2.05) is 78.3 Å². The van der Waals surface area contributed by atoms with Gasteiger partial charge in [-0.15, -0.1) is 0 Å². The van der Waals surface area contributed by atoms with Crippen molar-refractivity contribution in [1.29, 1.82) is 0 Å². The lowest BCUT2D eigenvalue weighted by Gasteiger charge is -2.20. The molecule has 0 saturated heterocycles. The van der Waals surface area contributed by atoms with Crippen LogP contribution in [0.15, 0.2) is 53.3 Å². The molecule has 0 aliphatic rings. The highest BCUT2D eigenvalue weighted by Gasteiger charge is 2.18. The minimum atomic E-state index is -0.568. The Kier molecular flexibility index (Phi) is 7.82. The zero-order valence-corrected chi connectivity index (χ0v) is 22.0. The molecular weight excluding hydrogens is 496 g/mol. The van der Waals surface area contributed by atoms with Crippen LogP contribution in [0.25, 0.3) is 11.1 Å². The van der Waals surface area contributed by atoms with Crippen molar-refractivity contribution in [2.45, 2.75) is 52.8 Å². The molecule has 0 radical (unpaired) electrons. The number of aromatic nitrogens is 2. The summed E-state index contributed by atoms with van der Waals surface area (Å²) in [5.74, 6) is -0.174. The molecule has 8 heteroatoms. The molecule has 1 heterocycles. The Labute approximate surface area is 209 Å². The largest absolute Gasteiger partial charge is 0.444 e.